The van der Waals surface area contributed by atoms with Crippen molar-refractivity contribution in [1.29, 1.82) is 0 Å². The molecule has 0 spiro atoms. The number of carbonyl (C=O) groups excluding carboxylic acids is 1. The summed E-state index contributed by atoms with van der Waals surface area (Å²) in [6, 6.07) is 8.84. The SMILES string of the molecule is CNC(C)CNC(=O)c1ccc(N2CCN(C(C)C)CC2)cc1.Cl.Cl. The van der Waals surface area contributed by atoms with Crippen LogP contribution >= 0.6 is 24.8 Å². The molecular weight excluding hydrogens is 359 g/mol. The Balaban J connectivity index is 0.00000288. The summed E-state index contributed by atoms with van der Waals surface area (Å²) in [7, 11) is 1.89. The molecule has 1 heterocycles. The number of rotatable bonds is 6. The van der Waals surface area contributed by atoms with Gasteiger partial charge in [-0.3, -0.25) is 9.69 Å². The number of nitrogens with one attached hydrogen (secondary N) is 2. The van der Waals surface area contributed by atoms with Crippen LogP contribution in [0.4, 0.5) is 5.69 Å². The molecule has 0 aromatic heterocycles. The Morgan fingerprint density at radius 3 is 2.08 bits per heavy atom. The highest BCUT2D eigenvalue weighted by Gasteiger charge is 2.19. The van der Waals surface area contributed by atoms with Crippen LogP contribution in [0.1, 0.15) is 31.1 Å². The average molecular weight is 391 g/mol. The second-order valence-electron chi connectivity index (χ2n) is 6.56. The number of likely N-dealkylation sites (N-methyl/N-ethyl adjacent to an activating group) is 1. The number of carbonyl (C=O) groups is 1. The van der Waals surface area contributed by atoms with E-state index in [4.69, 9.17) is 0 Å². The van der Waals surface area contributed by atoms with Crippen molar-refractivity contribution in [3.8, 4) is 0 Å². The Morgan fingerprint density at radius 1 is 1.04 bits per heavy atom. The molecule has 0 aliphatic carbocycles. The maximum absolute atomic E-state index is 12.1. The third-order valence-corrected chi connectivity index (χ3v) is 4.60. The number of halogens is 2. The van der Waals surface area contributed by atoms with Crippen molar-refractivity contribution in [2.75, 3.05) is 44.7 Å². The summed E-state index contributed by atoms with van der Waals surface area (Å²) in [6.07, 6.45) is 0. The number of nitrogens with zero attached hydrogens (tertiary/aromatic N) is 2. The molecule has 1 aliphatic heterocycles. The Bertz CT molecular complexity index is 502. The molecule has 2 N–H and O–H groups in total. The average Bonchev–Trinajstić information content (AvgIpc) is 2.59. The minimum absolute atomic E-state index is 0. The van der Waals surface area contributed by atoms with Gasteiger partial charge >= 0.3 is 0 Å². The molecule has 1 aromatic rings. The molecule has 1 atom stereocenters. The predicted octanol–water partition coefficient (Wildman–Crippen LogP) is 2.40. The number of amides is 1. The Morgan fingerprint density at radius 2 is 1.60 bits per heavy atom. The van der Waals surface area contributed by atoms with Crippen LogP contribution in [0.2, 0.25) is 0 Å². The summed E-state index contributed by atoms with van der Waals surface area (Å²) < 4.78 is 0. The zero-order valence-electron chi connectivity index (χ0n) is 15.6. The van der Waals surface area contributed by atoms with Crippen LogP contribution < -0.4 is 15.5 Å². The van der Waals surface area contributed by atoms with E-state index in [1.807, 2.05) is 26.1 Å². The summed E-state index contributed by atoms with van der Waals surface area (Å²) in [6.45, 7) is 11.5. The molecule has 5 nitrogen and oxygen atoms in total. The maximum Gasteiger partial charge on any atom is 0.251 e. The second kappa shape index (κ2) is 11.6. The summed E-state index contributed by atoms with van der Waals surface area (Å²) in [5.74, 6) is -0.0109. The van der Waals surface area contributed by atoms with Gasteiger partial charge in [-0.05, 0) is 52.1 Å². The molecule has 1 aliphatic rings. The first-order valence-electron chi connectivity index (χ1n) is 8.55. The van der Waals surface area contributed by atoms with Crippen LogP contribution in [-0.4, -0.2) is 62.7 Å². The summed E-state index contributed by atoms with van der Waals surface area (Å²) >= 11 is 0. The van der Waals surface area contributed by atoms with Crippen molar-refractivity contribution in [1.82, 2.24) is 15.5 Å². The molecule has 1 aromatic carbocycles. The predicted molar refractivity (Wildman–Crippen MR) is 111 cm³/mol. The number of hydrogen-bond acceptors (Lipinski definition) is 4. The number of anilines is 1. The summed E-state index contributed by atoms with van der Waals surface area (Å²) in [4.78, 5) is 17.0. The molecule has 2 rings (SSSR count). The van der Waals surface area contributed by atoms with Crippen LogP contribution in [0.15, 0.2) is 24.3 Å². The lowest BCUT2D eigenvalue weighted by atomic mass is 10.1. The third kappa shape index (κ3) is 7.02. The van der Waals surface area contributed by atoms with E-state index in [-0.39, 0.29) is 36.8 Å². The van der Waals surface area contributed by atoms with Crippen LogP contribution in [0.25, 0.3) is 0 Å². The summed E-state index contributed by atoms with van der Waals surface area (Å²) in [5.41, 5.74) is 1.92. The van der Waals surface area contributed by atoms with E-state index in [1.165, 1.54) is 5.69 Å². The highest BCUT2D eigenvalue weighted by molar-refractivity contribution is 5.94. The number of hydrogen-bond donors (Lipinski definition) is 2. The minimum atomic E-state index is -0.0109. The number of benzene rings is 1. The van der Waals surface area contributed by atoms with Gasteiger partial charge in [-0.25, -0.2) is 0 Å². The largest absolute Gasteiger partial charge is 0.369 e. The molecule has 1 unspecified atom stereocenters. The summed E-state index contributed by atoms with van der Waals surface area (Å²) in [5, 5.41) is 6.06. The van der Waals surface area contributed by atoms with Crippen molar-refractivity contribution in [3.63, 3.8) is 0 Å². The number of piperazine rings is 1. The van der Waals surface area contributed by atoms with Gasteiger partial charge in [0.15, 0.2) is 0 Å². The Labute approximate surface area is 164 Å². The molecular formula is C18H32Cl2N4O. The van der Waals surface area contributed by atoms with Gasteiger partial charge in [0.25, 0.3) is 5.91 Å². The van der Waals surface area contributed by atoms with Crippen LogP contribution in [0, 0.1) is 0 Å². The minimum Gasteiger partial charge on any atom is -0.369 e. The normalized spacial score (nSPS) is 16.0. The van der Waals surface area contributed by atoms with Crippen LogP contribution in [0.5, 0.6) is 0 Å². The smallest absolute Gasteiger partial charge is 0.251 e. The monoisotopic (exact) mass is 390 g/mol. The Hall–Kier alpha value is -1.01. The van der Waals surface area contributed by atoms with Crippen molar-refractivity contribution in [2.45, 2.75) is 32.9 Å². The molecule has 0 radical (unpaired) electrons. The van der Waals surface area contributed by atoms with Gasteiger partial charge in [-0.1, -0.05) is 0 Å². The highest BCUT2D eigenvalue weighted by atomic mass is 35.5. The lowest BCUT2D eigenvalue weighted by Crippen LogP contribution is -2.48. The molecule has 25 heavy (non-hydrogen) atoms. The third-order valence-electron chi connectivity index (χ3n) is 4.60. The van der Waals surface area contributed by atoms with Crippen molar-refractivity contribution in [3.05, 3.63) is 29.8 Å². The lowest BCUT2D eigenvalue weighted by Gasteiger charge is -2.38. The quantitative estimate of drug-likeness (QED) is 0.782. The van der Waals surface area contributed by atoms with Gasteiger partial charge in [-0.2, -0.15) is 0 Å². The highest BCUT2D eigenvalue weighted by Crippen LogP contribution is 2.18. The molecule has 144 valence electrons. The molecule has 1 amide bonds. The van der Waals surface area contributed by atoms with E-state index in [1.54, 1.807) is 0 Å². The van der Waals surface area contributed by atoms with E-state index in [0.29, 0.717) is 12.6 Å². The van der Waals surface area contributed by atoms with E-state index >= 15 is 0 Å². The standard InChI is InChI=1S/C18H30N4O.2ClH/c1-14(2)21-9-11-22(12-10-21)17-7-5-16(6-8-17)18(23)20-13-15(3)19-4;;/h5-8,14-15,19H,9-13H2,1-4H3,(H,20,23);2*1H. The van der Waals surface area contributed by atoms with Gasteiger partial charge in [0.1, 0.15) is 0 Å². The fourth-order valence-corrected chi connectivity index (χ4v) is 2.77. The first kappa shape index (κ1) is 24.0. The zero-order chi connectivity index (χ0) is 16.8. The molecule has 0 bridgehead atoms. The maximum atomic E-state index is 12.1. The second-order valence-corrected chi connectivity index (χ2v) is 6.56. The first-order valence-corrected chi connectivity index (χ1v) is 8.55. The molecule has 1 fully saturated rings. The van der Waals surface area contributed by atoms with Gasteiger partial charge in [0.05, 0.1) is 0 Å². The van der Waals surface area contributed by atoms with Gasteiger partial charge in [0.2, 0.25) is 0 Å². The van der Waals surface area contributed by atoms with Gasteiger partial charge in [0, 0.05) is 56.1 Å². The lowest BCUT2D eigenvalue weighted by molar-refractivity contribution is 0.0950. The van der Waals surface area contributed by atoms with E-state index in [9.17, 15) is 4.79 Å². The fourth-order valence-electron chi connectivity index (χ4n) is 2.77. The Kier molecular flexibility index (Phi) is 11.1. The van der Waals surface area contributed by atoms with Crippen molar-refractivity contribution >= 4 is 36.4 Å². The first-order chi connectivity index (χ1) is 11.0. The van der Waals surface area contributed by atoms with Crippen LogP contribution in [-0.2, 0) is 0 Å². The van der Waals surface area contributed by atoms with Crippen molar-refractivity contribution < 1.29 is 4.79 Å². The van der Waals surface area contributed by atoms with Gasteiger partial charge < -0.3 is 15.5 Å². The van der Waals surface area contributed by atoms with E-state index < -0.39 is 0 Å². The van der Waals surface area contributed by atoms with Crippen LogP contribution in [0.3, 0.4) is 0 Å². The van der Waals surface area contributed by atoms with E-state index in [0.717, 1.165) is 31.7 Å². The topological polar surface area (TPSA) is 47.6 Å². The van der Waals surface area contributed by atoms with E-state index in [2.05, 4.69) is 46.4 Å². The molecule has 7 heteroatoms. The zero-order valence-corrected chi connectivity index (χ0v) is 17.3. The van der Waals surface area contributed by atoms with Gasteiger partial charge in [-0.15, -0.1) is 24.8 Å². The van der Waals surface area contributed by atoms with Crippen molar-refractivity contribution in [2.24, 2.45) is 0 Å². The molecule has 0 saturated carbocycles. The molecule has 1 saturated heterocycles. The fraction of sp³-hybridized carbons (Fsp3) is 0.611.